The van der Waals surface area contributed by atoms with Crippen molar-refractivity contribution < 1.29 is 27.4 Å². The van der Waals surface area contributed by atoms with Crippen molar-refractivity contribution in [1.29, 1.82) is 5.26 Å². The van der Waals surface area contributed by atoms with Crippen LogP contribution < -0.4 is 10.3 Å². The summed E-state index contributed by atoms with van der Waals surface area (Å²) < 4.78 is 60.2. The molecule has 0 fully saturated rings. The van der Waals surface area contributed by atoms with Gasteiger partial charge in [-0.1, -0.05) is 23.2 Å². The molecule has 3 rings (SSSR count). The van der Waals surface area contributed by atoms with Crippen molar-refractivity contribution in [3.05, 3.63) is 73.9 Å². The predicted octanol–water partition coefficient (Wildman–Crippen LogP) is 4.52. The average Bonchev–Trinajstić information content (AvgIpc) is 2.69. The molecule has 1 N–H and O–H groups in total. The highest BCUT2D eigenvalue weighted by Gasteiger charge is 2.39. The molecule has 0 bridgehead atoms. The number of alkyl halides is 3. The third-order valence-electron chi connectivity index (χ3n) is 3.82. The van der Waals surface area contributed by atoms with Gasteiger partial charge in [-0.15, -0.1) is 0 Å². The van der Waals surface area contributed by atoms with Crippen molar-refractivity contribution in [3.8, 4) is 23.3 Å². The van der Waals surface area contributed by atoms with Crippen LogP contribution in [-0.2, 0) is 12.7 Å². The van der Waals surface area contributed by atoms with Gasteiger partial charge in [0.05, 0.1) is 35.3 Å². The van der Waals surface area contributed by atoms with Crippen LogP contribution in [0.1, 0.15) is 17.0 Å². The molecule has 160 valence electrons. The van der Waals surface area contributed by atoms with E-state index in [0.717, 1.165) is 18.3 Å². The van der Waals surface area contributed by atoms with Crippen LogP contribution in [0.5, 0.6) is 17.2 Å². The molecule has 7 nitrogen and oxygen atoms in total. The molecular formula is C18H8Cl2F4N4O3. The third-order valence-corrected chi connectivity index (χ3v) is 4.35. The first-order valence-electron chi connectivity index (χ1n) is 8.08. The summed E-state index contributed by atoms with van der Waals surface area (Å²) in [5, 5.41) is 18.0. The lowest BCUT2D eigenvalue weighted by molar-refractivity contribution is -0.142. The maximum absolute atomic E-state index is 14.4. The zero-order valence-electron chi connectivity index (χ0n) is 14.9. The van der Waals surface area contributed by atoms with Crippen LogP contribution >= 0.6 is 23.2 Å². The van der Waals surface area contributed by atoms with Crippen LogP contribution in [-0.4, -0.2) is 19.6 Å². The van der Waals surface area contributed by atoms with Crippen molar-refractivity contribution in [2.45, 2.75) is 12.7 Å². The number of aromatic nitrogens is 3. The molecule has 13 heteroatoms. The lowest BCUT2D eigenvalue weighted by Gasteiger charge is -2.15. The van der Waals surface area contributed by atoms with E-state index in [0.29, 0.717) is 10.9 Å². The van der Waals surface area contributed by atoms with Gasteiger partial charge in [0, 0.05) is 11.1 Å². The number of hydrogen-bond donors (Lipinski definition) is 1. The zero-order chi connectivity index (χ0) is 22.9. The SMILES string of the molecule is N#Cc1cc(Cl)cc(Oc2c(C(F)(F)F)ncn(Cc3cc(Cl)c(O)cn3)c2=O)c1F. The van der Waals surface area contributed by atoms with E-state index in [1.54, 1.807) is 0 Å². The molecule has 0 radical (unpaired) electrons. The minimum absolute atomic E-state index is 0.0978. The average molecular weight is 475 g/mol. The number of halogens is 6. The van der Waals surface area contributed by atoms with Crippen LogP contribution in [0.4, 0.5) is 17.6 Å². The summed E-state index contributed by atoms with van der Waals surface area (Å²) in [6.07, 6.45) is -3.52. The van der Waals surface area contributed by atoms with Gasteiger partial charge in [-0.25, -0.2) is 9.37 Å². The first kappa shape index (κ1) is 22.3. The lowest BCUT2D eigenvalue weighted by Crippen LogP contribution is -2.27. The van der Waals surface area contributed by atoms with Crippen molar-refractivity contribution in [2.75, 3.05) is 0 Å². The molecule has 0 saturated carbocycles. The van der Waals surface area contributed by atoms with Gasteiger partial charge in [-0.05, 0) is 12.1 Å². The first-order chi connectivity index (χ1) is 14.5. The topological polar surface area (TPSA) is 101 Å². The normalized spacial score (nSPS) is 11.3. The summed E-state index contributed by atoms with van der Waals surface area (Å²) in [7, 11) is 0. The molecule has 0 aliphatic carbocycles. The number of pyridine rings is 1. The summed E-state index contributed by atoms with van der Waals surface area (Å²) in [5.41, 5.74) is -3.50. The van der Waals surface area contributed by atoms with E-state index < -0.39 is 40.3 Å². The van der Waals surface area contributed by atoms with Gasteiger partial charge in [0.25, 0.3) is 5.56 Å². The van der Waals surface area contributed by atoms with Gasteiger partial charge in [0.2, 0.25) is 5.75 Å². The van der Waals surface area contributed by atoms with Gasteiger partial charge >= 0.3 is 6.18 Å². The van der Waals surface area contributed by atoms with Gasteiger partial charge in [-0.3, -0.25) is 14.3 Å². The Morgan fingerprint density at radius 1 is 1.23 bits per heavy atom. The fourth-order valence-corrected chi connectivity index (χ4v) is 2.81. The number of rotatable bonds is 4. The summed E-state index contributed by atoms with van der Waals surface area (Å²) in [6.45, 7) is -0.387. The van der Waals surface area contributed by atoms with E-state index in [4.69, 9.17) is 33.2 Å². The van der Waals surface area contributed by atoms with Gasteiger partial charge < -0.3 is 9.84 Å². The molecule has 2 heterocycles. The van der Waals surface area contributed by atoms with E-state index >= 15 is 0 Å². The van der Waals surface area contributed by atoms with Crippen molar-refractivity contribution in [1.82, 2.24) is 14.5 Å². The Labute approximate surface area is 180 Å². The monoisotopic (exact) mass is 474 g/mol. The molecule has 31 heavy (non-hydrogen) atoms. The Balaban J connectivity index is 2.13. The largest absolute Gasteiger partial charge is 0.505 e. The van der Waals surface area contributed by atoms with Crippen LogP contribution in [0, 0.1) is 17.1 Å². The van der Waals surface area contributed by atoms with Crippen LogP contribution in [0.15, 0.2) is 35.5 Å². The van der Waals surface area contributed by atoms with Crippen LogP contribution in [0.3, 0.4) is 0 Å². The van der Waals surface area contributed by atoms with Crippen molar-refractivity contribution in [3.63, 3.8) is 0 Å². The molecular weight excluding hydrogens is 467 g/mol. The Morgan fingerprint density at radius 3 is 2.55 bits per heavy atom. The predicted molar refractivity (Wildman–Crippen MR) is 99.7 cm³/mol. The molecule has 1 aromatic carbocycles. The summed E-state index contributed by atoms with van der Waals surface area (Å²) in [4.78, 5) is 19.7. The van der Waals surface area contributed by atoms with Crippen molar-refractivity contribution in [2.24, 2.45) is 0 Å². The number of ether oxygens (including phenoxy) is 1. The fraction of sp³-hybridized carbons (Fsp3) is 0.111. The smallest absolute Gasteiger partial charge is 0.437 e. The van der Waals surface area contributed by atoms with E-state index in [1.807, 2.05) is 0 Å². The van der Waals surface area contributed by atoms with E-state index in [2.05, 4.69) is 9.97 Å². The molecule has 3 aromatic rings. The second-order valence-electron chi connectivity index (χ2n) is 5.96. The highest BCUT2D eigenvalue weighted by atomic mass is 35.5. The maximum atomic E-state index is 14.4. The van der Waals surface area contributed by atoms with Crippen molar-refractivity contribution >= 4 is 23.2 Å². The minimum Gasteiger partial charge on any atom is -0.505 e. The van der Waals surface area contributed by atoms with Crippen LogP contribution in [0.25, 0.3) is 0 Å². The van der Waals surface area contributed by atoms with E-state index in [9.17, 15) is 27.5 Å². The number of nitriles is 1. The quantitative estimate of drug-likeness (QED) is 0.557. The number of hydrogen-bond acceptors (Lipinski definition) is 6. The minimum atomic E-state index is -5.11. The molecule has 0 atom stereocenters. The van der Waals surface area contributed by atoms with E-state index in [1.165, 1.54) is 12.1 Å². The molecule has 2 aromatic heterocycles. The molecule has 0 spiro atoms. The highest BCUT2D eigenvalue weighted by Crippen LogP contribution is 2.36. The summed E-state index contributed by atoms with van der Waals surface area (Å²) in [5.74, 6) is -3.83. The van der Waals surface area contributed by atoms with Gasteiger partial charge in [0.1, 0.15) is 6.07 Å². The second-order valence-corrected chi connectivity index (χ2v) is 6.80. The van der Waals surface area contributed by atoms with Crippen LogP contribution in [0.2, 0.25) is 10.0 Å². The first-order valence-corrected chi connectivity index (χ1v) is 8.84. The Kier molecular flexibility index (Phi) is 6.06. The summed E-state index contributed by atoms with van der Waals surface area (Å²) in [6, 6.07) is 4.42. The standard InChI is InChI=1S/C18H8Cl2F4N4O3/c19-9-1-8(4-25)14(21)13(2-9)31-15-16(18(22,23)24)27-7-28(17(15)30)6-10-3-11(20)12(29)5-26-10/h1-3,5,7,29H,6H2. The zero-order valence-corrected chi connectivity index (χ0v) is 16.4. The molecule has 0 unspecified atom stereocenters. The fourth-order valence-electron chi connectivity index (χ4n) is 2.43. The third kappa shape index (κ3) is 4.70. The van der Waals surface area contributed by atoms with E-state index in [-0.39, 0.29) is 28.0 Å². The molecule has 0 aliphatic heterocycles. The van der Waals surface area contributed by atoms with Gasteiger partial charge in [-0.2, -0.15) is 18.4 Å². The molecule has 0 saturated heterocycles. The Morgan fingerprint density at radius 2 is 1.94 bits per heavy atom. The summed E-state index contributed by atoms with van der Waals surface area (Å²) >= 11 is 11.5. The number of nitrogens with zero attached hydrogens (tertiary/aromatic N) is 4. The molecule has 0 aliphatic rings. The Hall–Kier alpha value is -3.36. The highest BCUT2D eigenvalue weighted by molar-refractivity contribution is 6.32. The second kappa shape index (κ2) is 8.41. The molecule has 0 amide bonds. The number of aromatic hydroxyl groups is 1. The van der Waals surface area contributed by atoms with Gasteiger partial charge in [0.15, 0.2) is 23.0 Å². The number of benzene rings is 1. The lowest BCUT2D eigenvalue weighted by atomic mass is 10.2. The maximum Gasteiger partial charge on any atom is 0.437 e. The Bertz CT molecular complexity index is 1270.